The standard InChI is InChI=1S/C11H15NS/c1-6(2)9-5-12-10-7(3)8(4)13-11(9)10/h5-6,12H,1-4H3. The van der Waals surface area contributed by atoms with Gasteiger partial charge in [0.15, 0.2) is 0 Å². The van der Waals surface area contributed by atoms with Crippen molar-refractivity contribution in [1.82, 2.24) is 4.98 Å². The van der Waals surface area contributed by atoms with E-state index in [1.807, 2.05) is 11.3 Å². The lowest BCUT2D eigenvalue weighted by Gasteiger charge is -1.98. The highest BCUT2D eigenvalue weighted by molar-refractivity contribution is 7.19. The molecule has 2 heteroatoms. The van der Waals surface area contributed by atoms with Gasteiger partial charge in [0.25, 0.3) is 0 Å². The molecule has 1 nitrogen and oxygen atoms in total. The summed E-state index contributed by atoms with van der Waals surface area (Å²) in [5, 5.41) is 0. The van der Waals surface area contributed by atoms with Gasteiger partial charge in [0.2, 0.25) is 0 Å². The molecule has 2 aromatic heterocycles. The lowest BCUT2D eigenvalue weighted by Crippen LogP contribution is -1.81. The van der Waals surface area contributed by atoms with Crippen LogP contribution in [0.4, 0.5) is 0 Å². The van der Waals surface area contributed by atoms with Gasteiger partial charge >= 0.3 is 0 Å². The second-order valence-corrected chi connectivity index (χ2v) is 5.11. The second-order valence-electron chi connectivity index (χ2n) is 3.89. The minimum atomic E-state index is 0.617. The normalized spacial score (nSPS) is 11.8. The average Bonchev–Trinajstić information content (AvgIpc) is 2.55. The molecule has 2 aromatic rings. The molecule has 0 saturated heterocycles. The third kappa shape index (κ3) is 1.20. The first-order valence-corrected chi connectivity index (χ1v) is 5.50. The number of aromatic amines is 1. The maximum absolute atomic E-state index is 3.37. The van der Waals surface area contributed by atoms with Crippen molar-refractivity contribution in [2.75, 3.05) is 0 Å². The summed E-state index contributed by atoms with van der Waals surface area (Å²) in [7, 11) is 0. The molecule has 13 heavy (non-hydrogen) atoms. The Morgan fingerprint density at radius 2 is 2.00 bits per heavy atom. The molecule has 0 bridgehead atoms. The predicted molar refractivity (Wildman–Crippen MR) is 59.7 cm³/mol. The molecule has 2 rings (SSSR count). The molecular formula is C11H15NS. The molecule has 0 fully saturated rings. The smallest absolute Gasteiger partial charge is 0.0598 e. The van der Waals surface area contributed by atoms with Crippen LogP contribution in [-0.2, 0) is 0 Å². The van der Waals surface area contributed by atoms with E-state index in [4.69, 9.17) is 0 Å². The predicted octanol–water partition coefficient (Wildman–Crippen LogP) is 3.97. The Labute approximate surface area is 82.8 Å². The van der Waals surface area contributed by atoms with Gasteiger partial charge in [-0.3, -0.25) is 0 Å². The molecule has 0 aliphatic heterocycles. The highest BCUT2D eigenvalue weighted by Gasteiger charge is 2.12. The third-order valence-electron chi connectivity index (χ3n) is 2.64. The fourth-order valence-electron chi connectivity index (χ4n) is 1.65. The van der Waals surface area contributed by atoms with Crippen LogP contribution in [0.15, 0.2) is 6.20 Å². The van der Waals surface area contributed by atoms with Gasteiger partial charge in [-0.2, -0.15) is 0 Å². The number of H-pyrrole nitrogens is 1. The number of thiophene rings is 1. The summed E-state index contributed by atoms with van der Waals surface area (Å²) >= 11 is 1.91. The Balaban J connectivity index is 2.74. The fourth-order valence-corrected chi connectivity index (χ4v) is 2.94. The largest absolute Gasteiger partial charge is 0.360 e. The summed E-state index contributed by atoms with van der Waals surface area (Å²) in [5.74, 6) is 0.617. The van der Waals surface area contributed by atoms with E-state index in [-0.39, 0.29) is 0 Å². The molecule has 0 amide bonds. The van der Waals surface area contributed by atoms with E-state index in [9.17, 15) is 0 Å². The summed E-state index contributed by atoms with van der Waals surface area (Å²) in [6.45, 7) is 8.87. The van der Waals surface area contributed by atoms with Gasteiger partial charge in [-0.25, -0.2) is 0 Å². The molecule has 0 radical (unpaired) electrons. The van der Waals surface area contributed by atoms with Crippen molar-refractivity contribution in [3.05, 3.63) is 22.2 Å². The summed E-state index contributed by atoms with van der Waals surface area (Å²) in [4.78, 5) is 4.80. The van der Waals surface area contributed by atoms with Gasteiger partial charge < -0.3 is 4.98 Å². The van der Waals surface area contributed by atoms with E-state index < -0.39 is 0 Å². The number of aromatic nitrogens is 1. The fraction of sp³-hybridized carbons (Fsp3) is 0.455. The topological polar surface area (TPSA) is 15.8 Å². The van der Waals surface area contributed by atoms with Crippen molar-refractivity contribution < 1.29 is 0 Å². The minimum absolute atomic E-state index is 0.617. The van der Waals surface area contributed by atoms with E-state index in [0.717, 1.165) is 0 Å². The van der Waals surface area contributed by atoms with Crippen LogP contribution in [-0.4, -0.2) is 4.98 Å². The van der Waals surface area contributed by atoms with Gasteiger partial charge in [0.1, 0.15) is 0 Å². The Bertz CT molecular complexity index is 434. The molecule has 2 heterocycles. The lowest BCUT2D eigenvalue weighted by molar-refractivity contribution is 0.877. The van der Waals surface area contributed by atoms with Crippen molar-refractivity contribution in [1.29, 1.82) is 0 Å². The molecule has 1 N–H and O–H groups in total. The summed E-state index contributed by atoms with van der Waals surface area (Å²) < 4.78 is 1.45. The van der Waals surface area contributed by atoms with Crippen LogP contribution in [0, 0.1) is 13.8 Å². The Morgan fingerprint density at radius 3 is 2.62 bits per heavy atom. The van der Waals surface area contributed by atoms with Crippen LogP contribution >= 0.6 is 11.3 Å². The van der Waals surface area contributed by atoms with Crippen LogP contribution in [0.2, 0.25) is 0 Å². The SMILES string of the molecule is Cc1sc2c(C(C)C)c[nH]c2c1C. The number of rotatable bonds is 1. The maximum Gasteiger partial charge on any atom is 0.0598 e. The number of fused-ring (bicyclic) bond motifs is 1. The average molecular weight is 193 g/mol. The Morgan fingerprint density at radius 1 is 1.31 bits per heavy atom. The molecule has 0 aliphatic carbocycles. The third-order valence-corrected chi connectivity index (χ3v) is 3.90. The van der Waals surface area contributed by atoms with Crippen LogP contribution in [0.25, 0.3) is 10.2 Å². The van der Waals surface area contributed by atoms with Gasteiger partial charge in [0, 0.05) is 11.1 Å². The second kappa shape index (κ2) is 2.88. The monoisotopic (exact) mass is 193 g/mol. The molecule has 70 valence electrons. The number of aryl methyl sites for hydroxylation is 2. The van der Waals surface area contributed by atoms with E-state index in [1.54, 1.807) is 0 Å². The van der Waals surface area contributed by atoms with Crippen LogP contribution in [0.1, 0.15) is 35.8 Å². The van der Waals surface area contributed by atoms with Gasteiger partial charge in [-0.1, -0.05) is 13.8 Å². The van der Waals surface area contributed by atoms with Crippen molar-refractivity contribution in [2.24, 2.45) is 0 Å². The Kier molecular flexibility index (Phi) is 1.95. The van der Waals surface area contributed by atoms with E-state index in [0.29, 0.717) is 5.92 Å². The van der Waals surface area contributed by atoms with E-state index in [1.165, 1.54) is 26.2 Å². The first-order chi connectivity index (χ1) is 6.11. The zero-order valence-corrected chi connectivity index (χ0v) is 9.38. The molecule has 0 aliphatic rings. The van der Waals surface area contributed by atoms with Gasteiger partial charge in [-0.05, 0) is 30.9 Å². The summed E-state index contributed by atoms with van der Waals surface area (Å²) in [5.41, 5.74) is 4.20. The quantitative estimate of drug-likeness (QED) is 0.705. The summed E-state index contributed by atoms with van der Waals surface area (Å²) in [6.07, 6.45) is 2.15. The zero-order valence-electron chi connectivity index (χ0n) is 8.56. The van der Waals surface area contributed by atoms with Gasteiger partial charge in [-0.15, -0.1) is 11.3 Å². The highest BCUT2D eigenvalue weighted by Crippen LogP contribution is 2.35. The van der Waals surface area contributed by atoms with Crippen molar-refractivity contribution >= 4 is 21.6 Å². The van der Waals surface area contributed by atoms with Crippen LogP contribution < -0.4 is 0 Å². The van der Waals surface area contributed by atoms with Crippen LogP contribution in [0.5, 0.6) is 0 Å². The van der Waals surface area contributed by atoms with Crippen molar-refractivity contribution in [3.63, 3.8) is 0 Å². The number of hydrogen-bond donors (Lipinski definition) is 1. The maximum atomic E-state index is 3.37. The van der Waals surface area contributed by atoms with Gasteiger partial charge in [0.05, 0.1) is 10.2 Å². The van der Waals surface area contributed by atoms with E-state index in [2.05, 4.69) is 38.9 Å². The molecule has 0 unspecified atom stereocenters. The molecule has 0 aromatic carbocycles. The molecule has 0 spiro atoms. The minimum Gasteiger partial charge on any atom is -0.360 e. The number of hydrogen-bond acceptors (Lipinski definition) is 1. The zero-order chi connectivity index (χ0) is 9.59. The first kappa shape index (κ1) is 8.82. The first-order valence-electron chi connectivity index (χ1n) is 4.68. The Hall–Kier alpha value is -0.760. The highest BCUT2D eigenvalue weighted by atomic mass is 32.1. The van der Waals surface area contributed by atoms with E-state index >= 15 is 0 Å². The van der Waals surface area contributed by atoms with Crippen LogP contribution in [0.3, 0.4) is 0 Å². The molecule has 0 atom stereocenters. The summed E-state index contributed by atoms with van der Waals surface area (Å²) in [6, 6.07) is 0. The van der Waals surface area contributed by atoms with Crippen molar-refractivity contribution in [2.45, 2.75) is 33.6 Å². The van der Waals surface area contributed by atoms with Crippen molar-refractivity contribution in [3.8, 4) is 0 Å². The molecule has 0 saturated carbocycles. The molecular weight excluding hydrogens is 178 g/mol. The number of nitrogens with one attached hydrogen (secondary N) is 1. The lowest BCUT2D eigenvalue weighted by atomic mass is 10.1.